The maximum atomic E-state index is 14.4. The number of benzene rings is 4. The molecule has 1 unspecified atom stereocenters. The highest BCUT2D eigenvalue weighted by Gasteiger charge is 2.45. The average Bonchev–Trinajstić information content (AvgIpc) is 4.19. The van der Waals surface area contributed by atoms with Gasteiger partial charge in [-0.15, -0.1) is 11.3 Å². The van der Waals surface area contributed by atoms with E-state index in [4.69, 9.17) is 9.72 Å². The number of thiazole rings is 2. The van der Waals surface area contributed by atoms with Gasteiger partial charge >= 0.3 is 5.97 Å². The van der Waals surface area contributed by atoms with Gasteiger partial charge in [0.1, 0.15) is 23.7 Å². The Morgan fingerprint density at radius 3 is 2.34 bits per heavy atom. The number of pyridine rings is 1. The van der Waals surface area contributed by atoms with Crippen LogP contribution in [0.1, 0.15) is 121 Å². The number of nitrogens with zero attached hydrogens (tertiary/aromatic N) is 5. The largest absolute Gasteiger partial charge is 0.490 e. The molecule has 0 radical (unpaired) electrons. The Balaban J connectivity index is 0.741. The number of para-hydroxylation sites is 1. The number of hydrogen-bond acceptors (Lipinski definition) is 13. The number of aliphatic hydroxyl groups excluding tert-OH is 1. The van der Waals surface area contributed by atoms with Crippen LogP contribution in [0.15, 0.2) is 103 Å². The summed E-state index contributed by atoms with van der Waals surface area (Å²) in [6.07, 6.45) is 2.79. The summed E-state index contributed by atoms with van der Waals surface area (Å²) in [5.74, 6) is -1.25. The van der Waals surface area contributed by atoms with E-state index in [0.29, 0.717) is 65.7 Å². The molecule has 1 saturated carbocycles. The molecule has 3 aromatic heterocycles. The molecule has 2 fully saturated rings. The lowest BCUT2D eigenvalue weighted by atomic mass is 9.83. The standard InChI is InChI=1S/C61H66N8O8S2/c1-34-43(44-25-26-51(65-53(44)59(75)76)68-28-27-39-11-9-13-45(46(39)32-68)56(72)67-60-64-47-14-7-8-16-50(47)79-60)12-10-15-49(34)77-42-23-17-37(18-24-42)29-52(71)66-55(61(4,5)6)58(74)69-31-41(70)30-48(69)57(73)63-35(2)38-19-21-40(22-20-38)54-36(3)62-33-78-54/h7-16,19-22,25-26,33,35,37,41-42,48,55,70H,17-18,23-24,27-32H2,1-6H3,(H,63,73)(H,66,71)(H,75,76)(H,64,67,72)/t35?,37?,41-,42?,48+,55-/m1/s1. The molecule has 79 heavy (non-hydrogen) atoms. The molecule has 18 heteroatoms. The van der Waals surface area contributed by atoms with Gasteiger partial charge in [0.25, 0.3) is 5.91 Å². The lowest BCUT2D eigenvalue weighted by Gasteiger charge is -2.36. The molecule has 1 saturated heterocycles. The number of aryl methyl sites for hydroxylation is 1. The molecular formula is C61H66N8O8S2. The molecule has 4 atom stereocenters. The Bertz CT molecular complexity index is 3400. The normalized spacial score (nSPS) is 19.1. The predicted molar refractivity (Wildman–Crippen MR) is 307 cm³/mol. The molecule has 1 aliphatic carbocycles. The Morgan fingerprint density at radius 2 is 1.62 bits per heavy atom. The SMILES string of the molecule is Cc1ncsc1-c1ccc(C(C)NC(=O)[C@@H]2C[C@@H](O)CN2C(=O)[C@@H](NC(=O)CC2CCC(Oc3cccc(-c4ccc(N5CCc6cccc(C(=O)Nc7nc8ccccc8s7)c6C5)nc4C(=O)O)c3C)CC2)C(C)(C)C)cc1. The van der Waals surface area contributed by atoms with Gasteiger partial charge in [-0.1, -0.05) is 92.8 Å². The van der Waals surface area contributed by atoms with Crippen molar-refractivity contribution in [2.24, 2.45) is 11.3 Å². The lowest BCUT2D eigenvalue weighted by molar-refractivity contribution is -0.144. The topological polar surface area (TPSA) is 216 Å². The van der Waals surface area contributed by atoms with Crippen LogP contribution in [-0.4, -0.2) is 97.0 Å². The minimum absolute atomic E-state index is 0.0141. The van der Waals surface area contributed by atoms with E-state index < -0.39 is 35.5 Å². The second-order valence-corrected chi connectivity index (χ2v) is 24.1. The first kappa shape index (κ1) is 54.8. The Hall–Kier alpha value is -7.54. The second-order valence-electron chi connectivity index (χ2n) is 22.2. The van der Waals surface area contributed by atoms with Gasteiger partial charge in [-0.25, -0.2) is 19.7 Å². The number of likely N-dealkylation sites (tertiary alicyclic amines) is 1. The number of carbonyl (C=O) groups excluding carboxylic acids is 4. The highest BCUT2D eigenvalue weighted by atomic mass is 32.1. The van der Waals surface area contributed by atoms with Gasteiger partial charge < -0.3 is 35.4 Å². The Morgan fingerprint density at radius 1 is 0.861 bits per heavy atom. The zero-order chi connectivity index (χ0) is 55.7. The molecule has 3 aliphatic rings. The van der Waals surface area contributed by atoms with Crippen molar-refractivity contribution in [3.8, 4) is 27.3 Å². The summed E-state index contributed by atoms with van der Waals surface area (Å²) in [6.45, 7) is 12.4. The summed E-state index contributed by atoms with van der Waals surface area (Å²) in [7, 11) is 0. The van der Waals surface area contributed by atoms with E-state index in [1.165, 1.54) is 16.2 Å². The summed E-state index contributed by atoms with van der Waals surface area (Å²) in [5, 5.41) is 31.0. The van der Waals surface area contributed by atoms with Crippen molar-refractivity contribution in [1.29, 1.82) is 0 Å². The van der Waals surface area contributed by atoms with Crippen LogP contribution in [0.2, 0.25) is 0 Å². The number of hydrogen-bond donors (Lipinski definition) is 5. The third kappa shape index (κ3) is 12.1. The van der Waals surface area contributed by atoms with E-state index in [-0.39, 0.29) is 60.9 Å². The quantitative estimate of drug-likeness (QED) is 0.0648. The van der Waals surface area contributed by atoms with Crippen LogP contribution >= 0.6 is 22.7 Å². The number of nitrogens with one attached hydrogen (secondary N) is 3. The number of aliphatic hydroxyl groups is 1. The van der Waals surface area contributed by atoms with Crippen LogP contribution in [0.4, 0.5) is 10.9 Å². The van der Waals surface area contributed by atoms with Crippen molar-refractivity contribution in [3.63, 3.8) is 0 Å². The Labute approximate surface area is 467 Å². The van der Waals surface area contributed by atoms with Gasteiger partial charge in [-0.05, 0) is 134 Å². The van der Waals surface area contributed by atoms with E-state index >= 15 is 0 Å². The number of rotatable bonds is 15. The van der Waals surface area contributed by atoms with E-state index in [9.17, 15) is 34.2 Å². The maximum Gasteiger partial charge on any atom is 0.355 e. The smallest absolute Gasteiger partial charge is 0.355 e. The number of fused-ring (bicyclic) bond motifs is 2. The summed E-state index contributed by atoms with van der Waals surface area (Å²) in [5.41, 5.74) is 9.13. The number of aromatic nitrogens is 3. The van der Waals surface area contributed by atoms with E-state index in [1.54, 1.807) is 23.5 Å². The van der Waals surface area contributed by atoms with Crippen molar-refractivity contribution in [3.05, 3.63) is 142 Å². The van der Waals surface area contributed by atoms with Crippen molar-refractivity contribution >= 4 is 73.4 Å². The second kappa shape index (κ2) is 23.0. The third-order valence-corrected chi connectivity index (χ3v) is 17.6. The molecule has 16 nitrogen and oxygen atoms in total. The number of carboxylic acids is 1. The highest BCUT2D eigenvalue weighted by Crippen LogP contribution is 2.38. The molecule has 2 aliphatic heterocycles. The van der Waals surface area contributed by atoms with Gasteiger partial charge in [0, 0.05) is 43.6 Å². The molecule has 410 valence electrons. The van der Waals surface area contributed by atoms with Gasteiger partial charge in [0.2, 0.25) is 17.7 Å². The molecule has 0 spiro atoms. The van der Waals surface area contributed by atoms with Crippen molar-refractivity contribution in [2.75, 3.05) is 23.3 Å². The average molecular weight is 1100 g/mol. The number of anilines is 2. The van der Waals surface area contributed by atoms with Crippen molar-refractivity contribution < 1.29 is 38.9 Å². The third-order valence-electron chi connectivity index (χ3n) is 15.6. The fraction of sp³-hybridized carbons (Fsp3) is 0.377. The highest BCUT2D eigenvalue weighted by molar-refractivity contribution is 7.22. The van der Waals surface area contributed by atoms with Gasteiger partial charge in [-0.3, -0.25) is 24.5 Å². The first-order chi connectivity index (χ1) is 37.9. The molecule has 4 amide bonds. The minimum atomic E-state index is -1.16. The Kier molecular flexibility index (Phi) is 16.0. The number of β-amino-alcohol motifs (C(OH)–C–C–N with tert-alkyl or cyclic N) is 1. The van der Waals surface area contributed by atoms with Crippen LogP contribution in [0.3, 0.4) is 0 Å². The number of carboxylic acid groups (broad SMARTS) is 1. The molecule has 4 aromatic carbocycles. The van der Waals surface area contributed by atoms with Crippen LogP contribution in [0, 0.1) is 25.2 Å². The van der Waals surface area contributed by atoms with E-state index in [2.05, 4.69) is 25.9 Å². The number of amides is 4. The predicted octanol–water partition coefficient (Wildman–Crippen LogP) is 10.3. The number of carbonyl (C=O) groups is 5. The van der Waals surface area contributed by atoms with Gasteiger partial charge in [-0.2, -0.15) is 0 Å². The molecular weight excluding hydrogens is 1040 g/mol. The van der Waals surface area contributed by atoms with E-state index in [1.807, 2.05) is 137 Å². The minimum Gasteiger partial charge on any atom is -0.490 e. The van der Waals surface area contributed by atoms with Crippen molar-refractivity contribution in [1.82, 2.24) is 30.5 Å². The zero-order valence-corrected chi connectivity index (χ0v) is 46.9. The van der Waals surface area contributed by atoms with Crippen LogP contribution in [-0.2, 0) is 27.3 Å². The number of aromatic carboxylic acids is 1. The summed E-state index contributed by atoms with van der Waals surface area (Å²) >= 11 is 2.99. The van der Waals surface area contributed by atoms with Gasteiger partial charge in [0.05, 0.1) is 44.5 Å². The lowest BCUT2D eigenvalue weighted by Crippen LogP contribution is -2.58. The summed E-state index contributed by atoms with van der Waals surface area (Å²) in [6, 6.07) is 28.4. The first-order valence-corrected chi connectivity index (χ1v) is 28.7. The molecule has 0 bridgehead atoms. The summed E-state index contributed by atoms with van der Waals surface area (Å²) < 4.78 is 7.61. The van der Waals surface area contributed by atoms with Gasteiger partial charge in [0.15, 0.2) is 10.8 Å². The maximum absolute atomic E-state index is 14.4. The van der Waals surface area contributed by atoms with Crippen LogP contribution in [0.5, 0.6) is 5.75 Å². The van der Waals surface area contributed by atoms with Crippen LogP contribution < -0.4 is 25.6 Å². The molecule has 5 heterocycles. The fourth-order valence-electron chi connectivity index (χ4n) is 11.2. The molecule has 7 aromatic rings. The van der Waals surface area contributed by atoms with Crippen molar-refractivity contribution in [2.45, 2.75) is 123 Å². The molecule has 5 N–H and O–H groups in total. The fourth-order valence-corrected chi connectivity index (χ4v) is 12.9. The zero-order valence-electron chi connectivity index (χ0n) is 45.2. The number of ether oxygens (including phenoxy) is 1. The van der Waals surface area contributed by atoms with Crippen LogP contribution in [0.25, 0.3) is 31.8 Å². The monoisotopic (exact) mass is 1100 g/mol. The first-order valence-electron chi connectivity index (χ1n) is 27.0. The summed E-state index contributed by atoms with van der Waals surface area (Å²) in [4.78, 5) is 86.9. The molecule has 10 rings (SSSR count). The van der Waals surface area contributed by atoms with E-state index in [0.717, 1.165) is 61.4 Å².